The number of alkyl carbamates (subject to hydrolysis) is 1. The summed E-state index contributed by atoms with van der Waals surface area (Å²) in [4.78, 5) is 21.6. The minimum Gasteiger partial charge on any atom is -0.453 e. The zero-order valence-corrected chi connectivity index (χ0v) is 7.72. The van der Waals surface area contributed by atoms with Crippen LogP contribution in [0.2, 0.25) is 0 Å². The Balaban J connectivity index is 3.95. The van der Waals surface area contributed by atoms with E-state index >= 15 is 0 Å². The highest BCUT2D eigenvalue weighted by Crippen LogP contribution is 1.97. The van der Waals surface area contributed by atoms with Gasteiger partial charge in [-0.05, 0) is 13.3 Å². The largest absolute Gasteiger partial charge is 0.453 e. The molecular weight excluding hydrogens is 158 g/mol. The topological polar surface area (TPSA) is 55.4 Å². The number of ketones is 1. The molecule has 0 aliphatic heterocycles. The number of ether oxygens (including phenoxy) is 1. The van der Waals surface area contributed by atoms with E-state index in [2.05, 4.69) is 10.1 Å². The number of rotatable bonds is 4. The van der Waals surface area contributed by atoms with Gasteiger partial charge in [0, 0.05) is 0 Å². The zero-order valence-electron chi connectivity index (χ0n) is 7.72. The number of nitrogens with one attached hydrogen (secondary N) is 1. The van der Waals surface area contributed by atoms with Crippen LogP contribution in [-0.2, 0) is 9.53 Å². The van der Waals surface area contributed by atoms with Crippen molar-refractivity contribution in [2.45, 2.75) is 32.7 Å². The van der Waals surface area contributed by atoms with E-state index < -0.39 is 12.1 Å². The molecule has 0 aliphatic rings. The monoisotopic (exact) mass is 173 g/mol. The van der Waals surface area contributed by atoms with Crippen molar-refractivity contribution in [1.29, 1.82) is 0 Å². The molecule has 0 rings (SSSR count). The Morgan fingerprint density at radius 3 is 2.42 bits per heavy atom. The van der Waals surface area contributed by atoms with Gasteiger partial charge in [-0.25, -0.2) is 4.79 Å². The van der Waals surface area contributed by atoms with E-state index in [0.717, 1.165) is 6.42 Å². The lowest BCUT2D eigenvalue weighted by Gasteiger charge is -2.13. The van der Waals surface area contributed by atoms with Crippen molar-refractivity contribution < 1.29 is 14.3 Å². The molecule has 70 valence electrons. The molecule has 0 radical (unpaired) electrons. The van der Waals surface area contributed by atoms with Gasteiger partial charge in [0.1, 0.15) is 0 Å². The molecule has 0 aliphatic carbocycles. The average molecular weight is 173 g/mol. The van der Waals surface area contributed by atoms with Crippen LogP contribution in [0.25, 0.3) is 0 Å². The number of amides is 1. The molecule has 1 atom stereocenters. The van der Waals surface area contributed by atoms with Crippen LogP contribution in [0, 0.1) is 0 Å². The van der Waals surface area contributed by atoms with Gasteiger partial charge in [0.05, 0.1) is 13.2 Å². The third-order valence-electron chi connectivity index (χ3n) is 1.55. The van der Waals surface area contributed by atoms with E-state index in [1.165, 1.54) is 14.0 Å². The molecule has 4 heteroatoms. The van der Waals surface area contributed by atoms with Gasteiger partial charge in [0.2, 0.25) is 0 Å². The Hall–Kier alpha value is -1.06. The SMILES string of the molecule is CCCC(NC(=O)OC)C(C)=O. The maximum Gasteiger partial charge on any atom is 0.407 e. The van der Waals surface area contributed by atoms with E-state index in [4.69, 9.17) is 0 Å². The number of hydrogen-bond donors (Lipinski definition) is 1. The molecular formula is C8H15NO3. The smallest absolute Gasteiger partial charge is 0.407 e. The minimum atomic E-state index is -0.552. The summed E-state index contributed by atoms with van der Waals surface area (Å²) in [5, 5.41) is 2.46. The Morgan fingerprint density at radius 1 is 1.50 bits per heavy atom. The molecule has 12 heavy (non-hydrogen) atoms. The lowest BCUT2D eigenvalue weighted by atomic mass is 10.1. The molecule has 0 bridgehead atoms. The van der Waals surface area contributed by atoms with Gasteiger partial charge in [-0.2, -0.15) is 0 Å². The van der Waals surface area contributed by atoms with Gasteiger partial charge in [-0.1, -0.05) is 13.3 Å². The fourth-order valence-electron chi connectivity index (χ4n) is 0.867. The molecule has 0 aromatic heterocycles. The second-order valence-corrected chi connectivity index (χ2v) is 2.59. The van der Waals surface area contributed by atoms with Crippen LogP contribution in [-0.4, -0.2) is 25.0 Å². The molecule has 1 N–H and O–H groups in total. The highest BCUT2D eigenvalue weighted by molar-refractivity contribution is 5.85. The maximum absolute atomic E-state index is 10.9. The van der Waals surface area contributed by atoms with Gasteiger partial charge in [0.25, 0.3) is 0 Å². The quantitative estimate of drug-likeness (QED) is 0.692. The Morgan fingerprint density at radius 2 is 2.08 bits per heavy atom. The maximum atomic E-state index is 10.9. The molecule has 0 aromatic carbocycles. The second-order valence-electron chi connectivity index (χ2n) is 2.59. The molecule has 0 heterocycles. The molecule has 1 unspecified atom stereocenters. The van der Waals surface area contributed by atoms with Crippen LogP contribution in [0.4, 0.5) is 4.79 Å². The van der Waals surface area contributed by atoms with Crippen molar-refractivity contribution in [3.05, 3.63) is 0 Å². The molecule has 0 aromatic rings. The third-order valence-corrected chi connectivity index (χ3v) is 1.55. The van der Waals surface area contributed by atoms with E-state index in [0.29, 0.717) is 6.42 Å². The lowest BCUT2D eigenvalue weighted by Crippen LogP contribution is -2.39. The number of Topliss-reactive ketones (excluding diaryl/α,β-unsaturated/α-hetero) is 1. The number of methoxy groups -OCH3 is 1. The molecule has 0 saturated heterocycles. The molecule has 1 amide bonds. The van der Waals surface area contributed by atoms with Gasteiger partial charge in [0.15, 0.2) is 5.78 Å². The van der Waals surface area contributed by atoms with E-state index in [9.17, 15) is 9.59 Å². The summed E-state index contributed by atoms with van der Waals surface area (Å²) in [6, 6.07) is -0.401. The highest BCUT2D eigenvalue weighted by Gasteiger charge is 2.15. The lowest BCUT2D eigenvalue weighted by molar-refractivity contribution is -0.119. The van der Waals surface area contributed by atoms with Gasteiger partial charge in [-0.15, -0.1) is 0 Å². The third kappa shape index (κ3) is 3.95. The summed E-state index contributed by atoms with van der Waals surface area (Å²) in [5.41, 5.74) is 0. The van der Waals surface area contributed by atoms with E-state index in [-0.39, 0.29) is 5.78 Å². The summed E-state index contributed by atoms with van der Waals surface area (Å²) < 4.78 is 4.37. The summed E-state index contributed by atoms with van der Waals surface area (Å²) in [6.07, 6.45) is 0.960. The van der Waals surface area contributed by atoms with Crippen molar-refractivity contribution in [1.82, 2.24) is 5.32 Å². The van der Waals surface area contributed by atoms with Crippen molar-refractivity contribution in [3.8, 4) is 0 Å². The van der Waals surface area contributed by atoms with Crippen molar-refractivity contribution in [2.75, 3.05) is 7.11 Å². The highest BCUT2D eigenvalue weighted by atomic mass is 16.5. The summed E-state index contributed by atoms with van der Waals surface area (Å²) in [5.74, 6) is -0.0396. The van der Waals surface area contributed by atoms with Gasteiger partial charge < -0.3 is 10.1 Å². The van der Waals surface area contributed by atoms with Gasteiger partial charge in [-0.3, -0.25) is 4.79 Å². The first kappa shape index (κ1) is 10.9. The molecule has 0 saturated carbocycles. The zero-order chi connectivity index (χ0) is 9.56. The standard InChI is InChI=1S/C8H15NO3/c1-4-5-7(6(2)10)9-8(11)12-3/h7H,4-5H2,1-3H3,(H,9,11). The van der Waals surface area contributed by atoms with E-state index in [1.807, 2.05) is 6.92 Å². The van der Waals surface area contributed by atoms with Crippen molar-refractivity contribution in [3.63, 3.8) is 0 Å². The molecule has 0 fully saturated rings. The number of hydrogen-bond acceptors (Lipinski definition) is 3. The van der Waals surface area contributed by atoms with Crippen molar-refractivity contribution in [2.24, 2.45) is 0 Å². The summed E-state index contributed by atoms with van der Waals surface area (Å²) in [6.45, 7) is 3.41. The van der Waals surface area contributed by atoms with E-state index in [1.54, 1.807) is 0 Å². The fourth-order valence-corrected chi connectivity index (χ4v) is 0.867. The summed E-state index contributed by atoms with van der Waals surface area (Å²) in [7, 11) is 1.28. The molecule has 4 nitrogen and oxygen atoms in total. The average Bonchev–Trinajstić information content (AvgIpc) is 2.03. The number of carbonyl (C=O) groups is 2. The van der Waals surface area contributed by atoms with Crippen LogP contribution in [0.3, 0.4) is 0 Å². The Bertz CT molecular complexity index is 166. The van der Waals surface area contributed by atoms with Crippen LogP contribution >= 0.6 is 0 Å². The normalized spacial score (nSPS) is 11.9. The Labute approximate surface area is 72.3 Å². The number of carbonyl (C=O) groups excluding carboxylic acids is 2. The van der Waals surface area contributed by atoms with Crippen LogP contribution in [0.15, 0.2) is 0 Å². The van der Waals surface area contributed by atoms with Crippen LogP contribution in [0.5, 0.6) is 0 Å². The van der Waals surface area contributed by atoms with Crippen molar-refractivity contribution >= 4 is 11.9 Å². The predicted octanol–water partition coefficient (Wildman–Crippen LogP) is 1.10. The first-order valence-electron chi connectivity index (χ1n) is 3.96. The first-order chi connectivity index (χ1) is 5.61. The van der Waals surface area contributed by atoms with Gasteiger partial charge >= 0.3 is 6.09 Å². The predicted molar refractivity (Wildman–Crippen MR) is 44.9 cm³/mol. The van der Waals surface area contributed by atoms with Crippen LogP contribution in [0.1, 0.15) is 26.7 Å². The fraction of sp³-hybridized carbons (Fsp3) is 0.750. The first-order valence-corrected chi connectivity index (χ1v) is 3.96. The molecule has 0 spiro atoms. The van der Waals surface area contributed by atoms with Crippen LogP contribution < -0.4 is 5.32 Å². The second kappa shape index (κ2) is 5.57. The summed E-state index contributed by atoms with van der Waals surface area (Å²) >= 11 is 0. The Kier molecular flexibility index (Phi) is 5.08. The minimum absolute atomic E-state index is 0.0396.